The van der Waals surface area contributed by atoms with Crippen molar-refractivity contribution in [1.29, 1.82) is 0 Å². The van der Waals surface area contributed by atoms with E-state index in [9.17, 15) is 8.42 Å². The highest BCUT2D eigenvalue weighted by molar-refractivity contribution is 7.88. The highest BCUT2D eigenvalue weighted by atomic mass is 32.2. The maximum Gasteiger partial charge on any atom is 0.211 e. The number of nitrogens with zero attached hydrogens (tertiary/aromatic N) is 2. The Morgan fingerprint density at radius 2 is 2.31 bits per heavy atom. The first-order valence-electron chi connectivity index (χ1n) is 5.16. The van der Waals surface area contributed by atoms with Crippen LogP contribution in [0.3, 0.4) is 0 Å². The van der Waals surface area contributed by atoms with Crippen LogP contribution in [0.1, 0.15) is 31.0 Å². The number of nitrogen functional groups attached to an aromatic ring is 1. The van der Waals surface area contributed by atoms with Gasteiger partial charge in [-0.3, -0.25) is 0 Å². The minimum atomic E-state index is -3.16. The molecule has 0 aliphatic carbocycles. The minimum absolute atomic E-state index is 0.127. The molecule has 0 spiro atoms. The molecule has 1 aromatic rings. The van der Waals surface area contributed by atoms with E-state index in [-0.39, 0.29) is 6.04 Å². The van der Waals surface area contributed by atoms with Crippen molar-refractivity contribution in [2.45, 2.75) is 25.3 Å². The van der Waals surface area contributed by atoms with Crippen LogP contribution in [-0.4, -0.2) is 30.5 Å². The van der Waals surface area contributed by atoms with E-state index < -0.39 is 10.0 Å². The van der Waals surface area contributed by atoms with Crippen LogP contribution in [-0.2, 0) is 10.0 Å². The lowest BCUT2D eigenvalue weighted by molar-refractivity contribution is 0.254. The van der Waals surface area contributed by atoms with Crippen LogP contribution in [0.25, 0.3) is 0 Å². The lowest BCUT2D eigenvalue weighted by Gasteiger charge is -2.32. The number of aromatic nitrogens is 1. The molecule has 1 fully saturated rings. The summed E-state index contributed by atoms with van der Waals surface area (Å²) >= 11 is 1.36. The summed E-state index contributed by atoms with van der Waals surface area (Å²) < 4.78 is 24.8. The number of rotatable bonds is 2. The first-order valence-corrected chi connectivity index (χ1v) is 7.89. The van der Waals surface area contributed by atoms with Crippen molar-refractivity contribution in [2.75, 3.05) is 18.5 Å². The molecule has 5 nitrogen and oxygen atoms in total. The van der Waals surface area contributed by atoms with Gasteiger partial charge in [-0.25, -0.2) is 13.4 Å². The summed E-state index contributed by atoms with van der Waals surface area (Å²) in [4.78, 5) is 4.19. The van der Waals surface area contributed by atoms with Gasteiger partial charge in [-0.2, -0.15) is 4.31 Å². The summed E-state index contributed by atoms with van der Waals surface area (Å²) in [6.45, 7) is 0.584. The highest BCUT2D eigenvalue weighted by Crippen LogP contribution is 2.33. The highest BCUT2D eigenvalue weighted by Gasteiger charge is 2.31. The molecule has 0 radical (unpaired) electrons. The molecule has 0 saturated carbocycles. The molecule has 0 unspecified atom stereocenters. The Balaban J connectivity index is 2.30. The van der Waals surface area contributed by atoms with Crippen molar-refractivity contribution in [2.24, 2.45) is 0 Å². The van der Waals surface area contributed by atoms with E-state index >= 15 is 0 Å². The molecule has 7 heteroatoms. The fourth-order valence-corrected chi connectivity index (χ4v) is 3.80. The molecule has 0 amide bonds. The van der Waals surface area contributed by atoms with Gasteiger partial charge in [-0.15, -0.1) is 11.3 Å². The zero-order valence-electron chi connectivity index (χ0n) is 9.09. The predicted octanol–water partition coefficient (Wildman–Crippen LogP) is 1.21. The van der Waals surface area contributed by atoms with Crippen molar-refractivity contribution < 1.29 is 8.42 Å². The summed E-state index contributed by atoms with van der Waals surface area (Å²) in [7, 11) is -3.16. The molecule has 16 heavy (non-hydrogen) atoms. The molecule has 1 atom stereocenters. The van der Waals surface area contributed by atoms with E-state index in [2.05, 4.69) is 4.98 Å². The first-order chi connectivity index (χ1) is 7.48. The van der Waals surface area contributed by atoms with E-state index in [1.54, 1.807) is 0 Å². The quantitative estimate of drug-likeness (QED) is 0.868. The fraction of sp³-hybridized carbons (Fsp3) is 0.667. The van der Waals surface area contributed by atoms with Crippen molar-refractivity contribution in [3.63, 3.8) is 0 Å². The lowest BCUT2D eigenvalue weighted by Crippen LogP contribution is -2.37. The molecule has 1 saturated heterocycles. The van der Waals surface area contributed by atoms with Gasteiger partial charge >= 0.3 is 0 Å². The van der Waals surface area contributed by atoms with E-state index in [4.69, 9.17) is 5.73 Å². The van der Waals surface area contributed by atoms with Crippen LogP contribution in [0.15, 0.2) is 5.38 Å². The molecule has 2 rings (SSSR count). The van der Waals surface area contributed by atoms with E-state index in [0.717, 1.165) is 25.0 Å². The van der Waals surface area contributed by atoms with Gasteiger partial charge in [0, 0.05) is 11.9 Å². The van der Waals surface area contributed by atoms with Gasteiger partial charge in [0.15, 0.2) is 5.13 Å². The topological polar surface area (TPSA) is 76.3 Å². The smallest absolute Gasteiger partial charge is 0.211 e. The van der Waals surface area contributed by atoms with Gasteiger partial charge < -0.3 is 5.73 Å². The van der Waals surface area contributed by atoms with E-state index in [0.29, 0.717) is 11.7 Å². The average Bonchev–Trinajstić information content (AvgIpc) is 2.64. The lowest BCUT2D eigenvalue weighted by atomic mass is 10.0. The zero-order chi connectivity index (χ0) is 11.8. The maximum absolute atomic E-state index is 11.6. The molecule has 1 aromatic heterocycles. The van der Waals surface area contributed by atoms with Gasteiger partial charge in [-0.05, 0) is 12.8 Å². The number of hydrogen-bond donors (Lipinski definition) is 1. The van der Waals surface area contributed by atoms with Gasteiger partial charge in [0.05, 0.1) is 18.0 Å². The molecule has 1 aliphatic heterocycles. The van der Waals surface area contributed by atoms with E-state index in [1.165, 1.54) is 21.9 Å². The normalized spacial score (nSPS) is 23.4. The fourth-order valence-electron chi connectivity index (χ4n) is 2.05. The number of nitrogens with two attached hydrogens (primary N) is 1. The Kier molecular flexibility index (Phi) is 3.18. The minimum Gasteiger partial charge on any atom is -0.375 e. The Morgan fingerprint density at radius 3 is 2.88 bits per heavy atom. The molecule has 2 heterocycles. The largest absolute Gasteiger partial charge is 0.375 e. The standard InChI is InChI=1S/C9H15N3O2S2/c1-16(13,14)12-5-3-2-4-8(12)7-6-15-9(10)11-7/h6,8H,2-5H2,1H3,(H2,10,11)/t8-/m0/s1. The Bertz CT molecular complexity index is 469. The van der Waals surface area contributed by atoms with Crippen molar-refractivity contribution in [1.82, 2.24) is 9.29 Å². The van der Waals surface area contributed by atoms with Gasteiger partial charge in [-0.1, -0.05) is 6.42 Å². The van der Waals surface area contributed by atoms with Crippen molar-refractivity contribution >= 4 is 26.5 Å². The average molecular weight is 261 g/mol. The molecular formula is C9H15N3O2S2. The van der Waals surface area contributed by atoms with Crippen molar-refractivity contribution in [3.05, 3.63) is 11.1 Å². The second-order valence-corrected chi connectivity index (χ2v) is 6.82. The number of piperidine rings is 1. The monoisotopic (exact) mass is 261 g/mol. The number of sulfonamides is 1. The number of thiazole rings is 1. The molecule has 90 valence electrons. The van der Waals surface area contributed by atoms with Crippen LogP contribution in [0.2, 0.25) is 0 Å². The number of anilines is 1. The Hall–Kier alpha value is -0.660. The molecular weight excluding hydrogens is 246 g/mol. The molecule has 1 aliphatic rings. The van der Waals surface area contributed by atoms with Crippen LogP contribution in [0.4, 0.5) is 5.13 Å². The number of hydrogen-bond acceptors (Lipinski definition) is 5. The third-order valence-corrected chi connectivity index (χ3v) is 4.74. The van der Waals surface area contributed by atoms with Gasteiger partial charge in [0.2, 0.25) is 10.0 Å². The second-order valence-electron chi connectivity index (χ2n) is 4.00. The summed E-state index contributed by atoms with van der Waals surface area (Å²) in [5, 5.41) is 2.35. The molecule has 0 aromatic carbocycles. The zero-order valence-corrected chi connectivity index (χ0v) is 10.7. The third kappa shape index (κ3) is 2.36. The van der Waals surface area contributed by atoms with Crippen LogP contribution >= 0.6 is 11.3 Å². The van der Waals surface area contributed by atoms with Crippen LogP contribution in [0, 0.1) is 0 Å². The second kappa shape index (κ2) is 4.31. The third-order valence-electron chi connectivity index (χ3n) is 2.76. The molecule has 0 bridgehead atoms. The Labute approximate surface area is 99.3 Å². The van der Waals surface area contributed by atoms with Crippen molar-refractivity contribution in [3.8, 4) is 0 Å². The Morgan fingerprint density at radius 1 is 1.56 bits per heavy atom. The summed E-state index contributed by atoms with van der Waals surface area (Å²) in [5.41, 5.74) is 6.36. The van der Waals surface area contributed by atoms with Gasteiger partial charge in [0.25, 0.3) is 0 Å². The SMILES string of the molecule is CS(=O)(=O)N1CCCC[C@H]1c1csc(N)n1. The molecule has 2 N–H and O–H groups in total. The summed E-state index contributed by atoms with van der Waals surface area (Å²) in [6.07, 6.45) is 4.04. The summed E-state index contributed by atoms with van der Waals surface area (Å²) in [6, 6.07) is -0.127. The van der Waals surface area contributed by atoms with Gasteiger partial charge in [0.1, 0.15) is 0 Å². The van der Waals surface area contributed by atoms with E-state index in [1.807, 2.05) is 5.38 Å². The predicted molar refractivity (Wildman–Crippen MR) is 64.7 cm³/mol. The first kappa shape index (κ1) is 11.8. The van der Waals surface area contributed by atoms with Crippen LogP contribution in [0.5, 0.6) is 0 Å². The van der Waals surface area contributed by atoms with Crippen LogP contribution < -0.4 is 5.73 Å². The maximum atomic E-state index is 11.6. The summed E-state index contributed by atoms with van der Waals surface area (Å²) in [5.74, 6) is 0.